The molecule has 0 aliphatic carbocycles. The number of nitrogens with one attached hydrogen (secondary N) is 1. The molecule has 0 saturated carbocycles. The monoisotopic (exact) mass is 446 g/mol. The summed E-state index contributed by atoms with van der Waals surface area (Å²) in [5.74, 6) is 0.473. The Bertz CT molecular complexity index is 1040. The highest BCUT2D eigenvalue weighted by molar-refractivity contribution is 7.99. The van der Waals surface area contributed by atoms with E-state index in [1.54, 1.807) is 10.6 Å². The molecule has 0 unspecified atom stereocenters. The maximum absolute atomic E-state index is 13.2. The maximum atomic E-state index is 13.2. The summed E-state index contributed by atoms with van der Waals surface area (Å²) in [5, 5.41) is 11.9. The SMILES string of the molecule is C=CCn1c(COc2ccc(F)cc2Cl)nnc1SCC(=O)Nc1ccc(C)cc1. The number of hydrogen-bond donors (Lipinski definition) is 1. The van der Waals surface area contributed by atoms with E-state index in [9.17, 15) is 9.18 Å². The van der Waals surface area contributed by atoms with Gasteiger partial charge in [0.05, 0.1) is 10.8 Å². The molecule has 30 heavy (non-hydrogen) atoms. The van der Waals surface area contributed by atoms with Crippen LogP contribution in [0.5, 0.6) is 5.75 Å². The van der Waals surface area contributed by atoms with Gasteiger partial charge < -0.3 is 10.1 Å². The Hall–Kier alpha value is -2.84. The van der Waals surface area contributed by atoms with E-state index in [-0.39, 0.29) is 23.3 Å². The molecule has 3 aromatic rings. The first-order valence-corrected chi connectivity index (χ1v) is 10.4. The molecule has 1 N–H and O–H groups in total. The van der Waals surface area contributed by atoms with E-state index in [0.29, 0.717) is 23.3 Å². The summed E-state index contributed by atoms with van der Waals surface area (Å²) in [5.41, 5.74) is 1.86. The fourth-order valence-corrected chi connectivity index (χ4v) is 3.53. The predicted octanol–water partition coefficient (Wildman–Crippen LogP) is 4.87. The maximum Gasteiger partial charge on any atom is 0.234 e. The summed E-state index contributed by atoms with van der Waals surface area (Å²) in [6.07, 6.45) is 1.70. The number of anilines is 1. The molecular formula is C21H20ClFN4O2S. The van der Waals surface area contributed by atoms with Crippen molar-refractivity contribution in [3.05, 3.63) is 77.3 Å². The molecular weight excluding hydrogens is 427 g/mol. The fraction of sp³-hybridized carbons (Fsp3) is 0.190. The lowest BCUT2D eigenvalue weighted by atomic mass is 10.2. The number of ether oxygens (including phenoxy) is 1. The van der Waals surface area contributed by atoms with E-state index in [0.717, 1.165) is 11.3 Å². The largest absolute Gasteiger partial charge is 0.484 e. The van der Waals surface area contributed by atoms with Crippen molar-refractivity contribution >= 4 is 35.0 Å². The summed E-state index contributed by atoms with van der Waals surface area (Å²) >= 11 is 7.25. The van der Waals surface area contributed by atoms with E-state index in [2.05, 4.69) is 22.1 Å². The summed E-state index contributed by atoms with van der Waals surface area (Å²) in [4.78, 5) is 12.2. The Morgan fingerprint density at radius 2 is 2.07 bits per heavy atom. The second kappa shape index (κ2) is 10.3. The van der Waals surface area contributed by atoms with Crippen LogP contribution in [0, 0.1) is 12.7 Å². The van der Waals surface area contributed by atoms with Gasteiger partial charge in [-0.1, -0.05) is 47.1 Å². The fourth-order valence-electron chi connectivity index (χ4n) is 2.54. The van der Waals surface area contributed by atoms with Gasteiger partial charge in [0, 0.05) is 12.2 Å². The van der Waals surface area contributed by atoms with E-state index >= 15 is 0 Å². The summed E-state index contributed by atoms with van der Waals surface area (Å²) in [6.45, 7) is 6.27. The van der Waals surface area contributed by atoms with Crippen LogP contribution < -0.4 is 10.1 Å². The van der Waals surface area contributed by atoms with Crippen molar-refractivity contribution in [1.82, 2.24) is 14.8 Å². The molecule has 0 aliphatic heterocycles. The van der Waals surface area contributed by atoms with E-state index in [1.165, 1.54) is 30.0 Å². The summed E-state index contributed by atoms with van der Waals surface area (Å²) in [7, 11) is 0. The van der Waals surface area contributed by atoms with Gasteiger partial charge in [-0.15, -0.1) is 16.8 Å². The molecule has 0 fully saturated rings. The van der Waals surface area contributed by atoms with Gasteiger partial charge in [-0.2, -0.15) is 0 Å². The van der Waals surface area contributed by atoms with E-state index < -0.39 is 5.82 Å². The highest BCUT2D eigenvalue weighted by atomic mass is 35.5. The highest BCUT2D eigenvalue weighted by Gasteiger charge is 2.15. The van der Waals surface area contributed by atoms with E-state index in [1.807, 2.05) is 31.2 Å². The molecule has 156 valence electrons. The van der Waals surface area contributed by atoms with Crippen molar-refractivity contribution in [2.75, 3.05) is 11.1 Å². The van der Waals surface area contributed by atoms with Gasteiger partial charge in [0.1, 0.15) is 18.2 Å². The number of amides is 1. The number of benzene rings is 2. The molecule has 3 rings (SSSR count). The van der Waals surface area contributed by atoms with Crippen molar-refractivity contribution < 1.29 is 13.9 Å². The predicted molar refractivity (Wildman–Crippen MR) is 116 cm³/mol. The Morgan fingerprint density at radius 1 is 1.30 bits per heavy atom. The molecule has 9 heteroatoms. The van der Waals surface area contributed by atoms with Crippen LogP contribution in [-0.4, -0.2) is 26.4 Å². The molecule has 0 spiro atoms. The third-order valence-corrected chi connectivity index (χ3v) is 5.29. The first kappa shape index (κ1) is 21.9. The molecule has 0 aliphatic rings. The Balaban J connectivity index is 1.62. The van der Waals surface area contributed by atoms with Gasteiger partial charge in [-0.25, -0.2) is 4.39 Å². The van der Waals surface area contributed by atoms with Crippen molar-refractivity contribution in [1.29, 1.82) is 0 Å². The Labute approximate surface area is 183 Å². The lowest BCUT2D eigenvalue weighted by Gasteiger charge is -2.10. The third kappa shape index (κ3) is 5.84. The number of nitrogens with zero attached hydrogens (tertiary/aromatic N) is 3. The normalized spacial score (nSPS) is 10.6. The lowest BCUT2D eigenvalue weighted by molar-refractivity contribution is -0.113. The molecule has 0 radical (unpaired) electrons. The van der Waals surface area contributed by atoms with Gasteiger partial charge in [0.2, 0.25) is 5.91 Å². The van der Waals surface area contributed by atoms with E-state index in [4.69, 9.17) is 16.3 Å². The average Bonchev–Trinajstić information content (AvgIpc) is 3.09. The number of aromatic nitrogens is 3. The molecule has 1 amide bonds. The smallest absolute Gasteiger partial charge is 0.234 e. The number of carbonyl (C=O) groups is 1. The van der Waals surface area contributed by atoms with Gasteiger partial charge in [0.25, 0.3) is 0 Å². The molecule has 6 nitrogen and oxygen atoms in total. The minimum Gasteiger partial charge on any atom is -0.484 e. The lowest BCUT2D eigenvalue weighted by Crippen LogP contribution is -2.15. The van der Waals surface area contributed by atoms with Gasteiger partial charge in [0.15, 0.2) is 11.0 Å². The van der Waals surface area contributed by atoms with Crippen molar-refractivity contribution in [3.8, 4) is 5.75 Å². The van der Waals surface area contributed by atoms with Crippen LogP contribution >= 0.6 is 23.4 Å². The van der Waals surface area contributed by atoms with Crippen LogP contribution in [0.25, 0.3) is 0 Å². The summed E-state index contributed by atoms with van der Waals surface area (Å²) < 4.78 is 20.6. The molecule has 0 atom stereocenters. The van der Waals surface area contributed by atoms with Crippen LogP contribution in [0.15, 0.2) is 60.3 Å². The first-order valence-electron chi connectivity index (χ1n) is 9.06. The third-order valence-electron chi connectivity index (χ3n) is 4.02. The number of rotatable bonds is 9. The Kier molecular flexibility index (Phi) is 7.48. The van der Waals surface area contributed by atoms with Crippen LogP contribution in [-0.2, 0) is 17.9 Å². The molecule has 0 bridgehead atoms. The minimum atomic E-state index is -0.440. The van der Waals surface area contributed by atoms with Crippen molar-refractivity contribution in [2.45, 2.75) is 25.2 Å². The number of aryl methyl sites for hydroxylation is 1. The van der Waals surface area contributed by atoms with Crippen LogP contribution in [0.3, 0.4) is 0 Å². The zero-order chi connectivity index (χ0) is 21.5. The van der Waals surface area contributed by atoms with Crippen LogP contribution in [0.1, 0.15) is 11.4 Å². The van der Waals surface area contributed by atoms with Crippen LogP contribution in [0.2, 0.25) is 5.02 Å². The molecule has 0 saturated heterocycles. The quantitative estimate of drug-likeness (QED) is 0.375. The van der Waals surface area contributed by atoms with Gasteiger partial charge >= 0.3 is 0 Å². The molecule has 1 heterocycles. The summed E-state index contributed by atoms with van der Waals surface area (Å²) in [6, 6.07) is 11.5. The number of halogens is 2. The standard InChI is InChI=1S/C21H20ClFN4O2S/c1-3-10-27-19(12-29-18-9-6-15(23)11-17(18)22)25-26-21(27)30-13-20(28)24-16-7-4-14(2)5-8-16/h3-9,11H,1,10,12-13H2,2H3,(H,24,28). The zero-order valence-electron chi connectivity index (χ0n) is 16.3. The second-order valence-corrected chi connectivity index (χ2v) is 7.71. The second-order valence-electron chi connectivity index (χ2n) is 6.36. The van der Waals surface area contributed by atoms with Crippen molar-refractivity contribution in [3.63, 3.8) is 0 Å². The average molecular weight is 447 g/mol. The number of carbonyl (C=O) groups excluding carboxylic acids is 1. The number of thioether (sulfide) groups is 1. The zero-order valence-corrected chi connectivity index (χ0v) is 17.8. The minimum absolute atomic E-state index is 0.0856. The topological polar surface area (TPSA) is 69.0 Å². The number of hydrogen-bond acceptors (Lipinski definition) is 5. The van der Waals surface area contributed by atoms with Crippen molar-refractivity contribution in [2.24, 2.45) is 0 Å². The molecule has 2 aromatic carbocycles. The first-order chi connectivity index (χ1) is 14.5. The highest BCUT2D eigenvalue weighted by Crippen LogP contribution is 2.26. The molecule has 1 aromatic heterocycles. The number of allylic oxidation sites excluding steroid dienone is 1. The Morgan fingerprint density at radius 3 is 2.77 bits per heavy atom. The van der Waals surface area contributed by atoms with Crippen LogP contribution in [0.4, 0.5) is 10.1 Å². The van der Waals surface area contributed by atoms with Gasteiger partial charge in [-0.3, -0.25) is 9.36 Å². The van der Waals surface area contributed by atoms with Gasteiger partial charge in [-0.05, 0) is 37.3 Å².